The van der Waals surface area contributed by atoms with E-state index in [1.807, 2.05) is 0 Å². The van der Waals surface area contributed by atoms with Gasteiger partial charge in [0.25, 0.3) is 0 Å². The Balaban J connectivity index is 2.46. The van der Waals surface area contributed by atoms with E-state index < -0.39 is 17.7 Å². The Labute approximate surface area is 115 Å². The maximum Gasteiger partial charge on any atom is 0.129 e. The highest BCUT2D eigenvalue weighted by molar-refractivity contribution is 5.42. The van der Waals surface area contributed by atoms with Crippen LogP contribution in [0.2, 0.25) is 0 Å². The fraction of sp³-hybridized carbons (Fsp3) is 0.200. The number of hydrogen-bond acceptors (Lipinski definition) is 3. The minimum Gasteiger partial charge on any atom is -0.497 e. The van der Waals surface area contributed by atoms with Gasteiger partial charge in [-0.1, -0.05) is 0 Å². The molecule has 0 radical (unpaired) electrons. The first kappa shape index (κ1) is 14.3. The average Bonchev–Trinajstić information content (AvgIpc) is 2.48. The standard InChI is InChI=1S/C15H14F2O3/c1-19-11-5-9(6-12(8-11)20-2)15(18)13-7-10(16)3-4-14(13)17/h3-8,15,18H,1-2H3. The van der Waals surface area contributed by atoms with Crippen molar-refractivity contribution in [2.75, 3.05) is 14.2 Å². The van der Waals surface area contributed by atoms with Crippen molar-refractivity contribution in [3.63, 3.8) is 0 Å². The zero-order valence-corrected chi connectivity index (χ0v) is 11.1. The fourth-order valence-corrected chi connectivity index (χ4v) is 1.89. The summed E-state index contributed by atoms with van der Waals surface area (Å²) in [5.41, 5.74) is 0.214. The molecule has 0 fully saturated rings. The number of halogens is 2. The SMILES string of the molecule is COc1cc(OC)cc(C(O)c2cc(F)ccc2F)c1. The summed E-state index contributed by atoms with van der Waals surface area (Å²) in [6.45, 7) is 0. The van der Waals surface area contributed by atoms with Crippen LogP contribution in [0.1, 0.15) is 17.2 Å². The van der Waals surface area contributed by atoms with Gasteiger partial charge in [0, 0.05) is 11.6 Å². The highest BCUT2D eigenvalue weighted by Gasteiger charge is 2.17. The molecule has 3 nitrogen and oxygen atoms in total. The van der Waals surface area contributed by atoms with Crippen molar-refractivity contribution >= 4 is 0 Å². The van der Waals surface area contributed by atoms with Gasteiger partial charge in [-0.15, -0.1) is 0 Å². The van der Waals surface area contributed by atoms with Gasteiger partial charge in [-0.05, 0) is 35.9 Å². The molecule has 5 heteroatoms. The van der Waals surface area contributed by atoms with E-state index in [2.05, 4.69) is 0 Å². The van der Waals surface area contributed by atoms with Crippen LogP contribution in [-0.2, 0) is 0 Å². The molecule has 2 rings (SSSR count). The van der Waals surface area contributed by atoms with E-state index in [1.54, 1.807) is 6.07 Å². The molecule has 0 bridgehead atoms. The molecular formula is C15H14F2O3. The summed E-state index contributed by atoms with van der Waals surface area (Å²) in [5, 5.41) is 10.2. The second kappa shape index (κ2) is 5.88. The number of aliphatic hydroxyl groups excluding tert-OH is 1. The Morgan fingerprint density at radius 3 is 2.10 bits per heavy atom. The third-order valence-corrected chi connectivity index (χ3v) is 2.94. The molecule has 2 aromatic carbocycles. The van der Waals surface area contributed by atoms with Crippen LogP contribution in [0.4, 0.5) is 8.78 Å². The zero-order valence-electron chi connectivity index (χ0n) is 11.1. The quantitative estimate of drug-likeness (QED) is 0.935. The third-order valence-electron chi connectivity index (χ3n) is 2.94. The van der Waals surface area contributed by atoms with E-state index in [-0.39, 0.29) is 5.56 Å². The smallest absolute Gasteiger partial charge is 0.129 e. The summed E-state index contributed by atoms with van der Waals surface area (Å²) in [4.78, 5) is 0. The summed E-state index contributed by atoms with van der Waals surface area (Å²) in [7, 11) is 2.93. The summed E-state index contributed by atoms with van der Waals surface area (Å²) >= 11 is 0. The van der Waals surface area contributed by atoms with E-state index in [1.165, 1.54) is 26.4 Å². The number of methoxy groups -OCH3 is 2. The first-order valence-corrected chi connectivity index (χ1v) is 5.91. The number of benzene rings is 2. The van der Waals surface area contributed by atoms with Crippen LogP contribution in [0.15, 0.2) is 36.4 Å². The second-order valence-corrected chi connectivity index (χ2v) is 4.21. The van der Waals surface area contributed by atoms with Gasteiger partial charge in [-0.25, -0.2) is 8.78 Å². The molecule has 0 spiro atoms. The first-order valence-electron chi connectivity index (χ1n) is 5.91. The molecule has 0 aromatic heterocycles. The van der Waals surface area contributed by atoms with Crippen LogP contribution in [0.5, 0.6) is 11.5 Å². The van der Waals surface area contributed by atoms with Crippen LogP contribution in [0, 0.1) is 11.6 Å². The number of aliphatic hydroxyl groups is 1. The van der Waals surface area contributed by atoms with Crippen LogP contribution < -0.4 is 9.47 Å². The van der Waals surface area contributed by atoms with Gasteiger partial charge in [0.1, 0.15) is 29.2 Å². The lowest BCUT2D eigenvalue weighted by atomic mass is 10.0. The lowest BCUT2D eigenvalue weighted by molar-refractivity contribution is 0.213. The highest BCUT2D eigenvalue weighted by Crippen LogP contribution is 2.31. The van der Waals surface area contributed by atoms with E-state index in [0.29, 0.717) is 17.1 Å². The summed E-state index contributed by atoms with van der Waals surface area (Å²) in [6, 6.07) is 7.64. The predicted molar refractivity (Wildman–Crippen MR) is 70.0 cm³/mol. The van der Waals surface area contributed by atoms with Gasteiger partial charge in [-0.2, -0.15) is 0 Å². The van der Waals surface area contributed by atoms with Crippen molar-refractivity contribution < 1.29 is 23.4 Å². The van der Waals surface area contributed by atoms with Gasteiger partial charge in [-0.3, -0.25) is 0 Å². The second-order valence-electron chi connectivity index (χ2n) is 4.21. The molecule has 1 unspecified atom stereocenters. The molecule has 0 aliphatic carbocycles. The van der Waals surface area contributed by atoms with Gasteiger partial charge >= 0.3 is 0 Å². The fourth-order valence-electron chi connectivity index (χ4n) is 1.89. The molecule has 0 aliphatic rings. The van der Waals surface area contributed by atoms with Crippen LogP contribution in [-0.4, -0.2) is 19.3 Å². The topological polar surface area (TPSA) is 38.7 Å². The summed E-state index contributed by atoms with van der Waals surface area (Å²) in [6.07, 6.45) is -1.31. The van der Waals surface area contributed by atoms with E-state index in [0.717, 1.165) is 18.2 Å². The highest BCUT2D eigenvalue weighted by atomic mass is 19.1. The molecule has 1 atom stereocenters. The van der Waals surface area contributed by atoms with Gasteiger partial charge in [0.15, 0.2) is 0 Å². The lowest BCUT2D eigenvalue weighted by Crippen LogP contribution is -2.04. The minimum absolute atomic E-state index is 0.139. The third kappa shape index (κ3) is 2.88. The van der Waals surface area contributed by atoms with Crippen LogP contribution in [0.3, 0.4) is 0 Å². The molecule has 0 saturated carbocycles. The van der Waals surface area contributed by atoms with Gasteiger partial charge in [0.2, 0.25) is 0 Å². The average molecular weight is 280 g/mol. The molecule has 1 N–H and O–H groups in total. The van der Waals surface area contributed by atoms with Crippen molar-refractivity contribution in [2.45, 2.75) is 6.10 Å². The number of hydrogen-bond donors (Lipinski definition) is 1. The maximum atomic E-state index is 13.7. The first-order chi connectivity index (χ1) is 9.55. The summed E-state index contributed by atoms with van der Waals surface area (Å²) in [5.74, 6) is -0.388. The molecule has 0 aliphatic heterocycles. The monoisotopic (exact) mass is 280 g/mol. The van der Waals surface area contributed by atoms with Crippen molar-refractivity contribution in [3.8, 4) is 11.5 Å². The number of ether oxygens (including phenoxy) is 2. The Morgan fingerprint density at radius 1 is 0.950 bits per heavy atom. The molecular weight excluding hydrogens is 266 g/mol. The zero-order chi connectivity index (χ0) is 14.7. The molecule has 0 heterocycles. The Kier molecular flexibility index (Phi) is 4.20. The van der Waals surface area contributed by atoms with E-state index in [9.17, 15) is 13.9 Å². The van der Waals surface area contributed by atoms with Crippen molar-refractivity contribution in [1.82, 2.24) is 0 Å². The lowest BCUT2D eigenvalue weighted by Gasteiger charge is -2.15. The van der Waals surface area contributed by atoms with Crippen LogP contribution in [0.25, 0.3) is 0 Å². The van der Waals surface area contributed by atoms with Crippen LogP contribution >= 0.6 is 0 Å². The largest absolute Gasteiger partial charge is 0.497 e. The molecule has 0 amide bonds. The Hall–Kier alpha value is -2.14. The van der Waals surface area contributed by atoms with Gasteiger partial charge in [0.05, 0.1) is 14.2 Å². The van der Waals surface area contributed by atoms with E-state index >= 15 is 0 Å². The molecule has 0 saturated heterocycles. The van der Waals surface area contributed by atoms with Crippen molar-refractivity contribution in [1.29, 1.82) is 0 Å². The van der Waals surface area contributed by atoms with Crippen molar-refractivity contribution in [2.24, 2.45) is 0 Å². The minimum atomic E-state index is -1.31. The predicted octanol–water partition coefficient (Wildman–Crippen LogP) is 3.06. The Morgan fingerprint density at radius 2 is 1.55 bits per heavy atom. The molecule has 20 heavy (non-hydrogen) atoms. The normalized spacial score (nSPS) is 12.1. The molecule has 106 valence electrons. The molecule has 2 aromatic rings. The number of rotatable bonds is 4. The van der Waals surface area contributed by atoms with E-state index in [4.69, 9.17) is 9.47 Å². The van der Waals surface area contributed by atoms with Crippen molar-refractivity contribution in [3.05, 3.63) is 59.2 Å². The van der Waals surface area contributed by atoms with Gasteiger partial charge < -0.3 is 14.6 Å². The maximum absolute atomic E-state index is 13.7. The Bertz CT molecular complexity index is 592. The summed E-state index contributed by atoms with van der Waals surface area (Å²) < 4.78 is 37.0.